The molecule has 164 valence electrons. The minimum atomic E-state index is 0.981. The summed E-state index contributed by atoms with van der Waals surface area (Å²) < 4.78 is 0. The molecule has 0 radical (unpaired) electrons. The summed E-state index contributed by atoms with van der Waals surface area (Å²) >= 11 is 0. The van der Waals surface area contributed by atoms with Crippen molar-refractivity contribution in [1.29, 1.82) is 0 Å². The second-order valence-electron chi connectivity index (χ2n) is 10.4. The zero-order valence-electron chi connectivity index (χ0n) is 19.3. The lowest BCUT2D eigenvalue weighted by atomic mass is 9.82. The van der Waals surface area contributed by atoms with Gasteiger partial charge in [0.05, 0.1) is 17.6 Å². The van der Waals surface area contributed by atoms with Gasteiger partial charge in [0.2, 0.25) is 0 Å². The van der Waals surface area contributed by atoms with Gasteiger partial charge in [-0.15, -0.1) is 0 Å². The molecule has 3 heterocycles. The van der Waals surface area contributed by atoms with Crippen LogP contribution in [0.4, 0.5) is 17.1 Å². The summed E-state index contributed by atoms with van der Waals surface area (Å²) in [5.41, 5.74) is 21.5. The molecule has 2 heteroatoms. The molecule has 0 spiro atoms. The van der Waals surface area contributed by atoms with Crippen molar-refractivity contribution in [3.63, 3.8) is 0 Å². The summed E-state index contributed by atoms with van der Waals surface area (Å²) in [5.74, 6) is 0. The fraction of sp³-hybridized carbons (Fsp3) is 0.121. The number of nitrogens with zero attached hydrogens (tertiary/aromatic N) is 2. The van der Waals surface area contributed by atoms with Gasteiger partial charge in [0, 0.05) is 24.7 Å². The number of hydrogen-bond acceptors (Lipinski definition) is 2. The average molecular weight is 447 g/mol. The molecule has 0 saturated carbocycles. The van der Waals surface area contributed by atoms with E-state index in [1.54, 1.807) is 0 Å². The third-order valence-corrected chi connectivity index (χ3v) is 8.61. The van der Waals surface area contributed by atoms with E-state index in [9.17, 15) is 0 Å². The summed E-state index contributed by atoms with van der Waals surface area (Å²) in [6, 6.07) is 27.4. The highest BCUT2D eigenvalue weighted by atomic mass is 15.2. The molecule has 0 fully saturated rings. The minimum Gasteiger partial charge on any atom is -0.308 e. The van der Waals surface area contributed by atoms with Crippen molar-refractivity contribution in [1.82, 2.24) is 4.98 Å². The quantitative estimate of drug-likeness (QED) is 0.240. The fourth-order valence-electron chi connectivity index (χ4n) is 7.18. The molecular weight excluding hydrogens is 424 g/mol. The molecule has 35 heavy (non-hydrogen) atoms. The van der Waals surface area contributed by atoms with Gasteiger partial charge < -0.3 is 4.90 Å². The Balaban J connectivity index is 1.35. The van der Waals surface area contributed by atoms with Crippen LogP contribution < -0.4 is 4.90 Å². The van der Waals surface area contributed by atoms with Crippen LogP contribution in [0.2, 0.25) is 0 Å². The van der Waals surface area contributed by atoms with Gasteiger partial charge in [0.1, 0.15) is 0 Å². The summed E-state index contributed by atoms with van der Waals surface area (Å²) in [7, 11) is 0. The molecule has 9 rings (SSSR count). The number of aromatic nitrogens is 1. The summed E-state index contributed by atoms with van der Waals surface area (Å²) in [6.45, 7) is 0. The predicted octanol–water partition coefficient (Wildman–Crippen LogP) is 7.50. The molecule has 1 aromatic heterocycles. The number of rotatable bonds is 0. The lowest BCUT2D eigenvalue weighted by Gasteiger charge is -2.40. The predicted molar refractivity (Wildman–Crippen MR) is 141 cm³/mol. The number of anilines is 3. The Hall–Kier alpha value is -4.17. The van der Waals surface area contributed by atoms with Gasteiger partial charge in [0.25, 0.3) is 0 Å². The van der Waals surface area contributed by atoms with Crippen LogP contribution in [0.1, 0.15) is 44.5 Å². The molecule has 0 atom stereocenters. The summed E-state index contributed by atoms with van der Waals surface area (Å²) in [6.07, 6.45) is 8.04. The first-order valence-electron chi connectivity index (χ1n) is 12.6. The Morgan fingerprint density at radius 2 is 1.26 bits per heavy atom. The third kappa shape index (κ3) is 2.23. The van der Waals surface area contributed by atoms with E-state index in [0.717, 1.165) is 25.7 Å². The van der Waals surface area contributed by atoms with Crippen LogP contribution in [0.3, 0.4) is 0 Å². The first-order chi connectivity index (χ1) is 17.3. The number of hydrogen-bond donors (Lipinski definition) is 0. The molecule has 2 aliphatic carbocycles. The zero-order valence-corrected chi connectivity index (χ0v) is 19.3. The summed E-state index contributed by atoms with van der Waals surface area (Å²) in [4.78, 5) is 7.02. The Morgan fingerprint density at radius 3 is 2.20 bits per heavy atom. The van der Waals surface area contributed by atoms with E-state index in [2.05, 4.69) is 88.9 Å². The number of para-hydroxylation sites is 1. The molecule has 0 amide bonds. The van der Waals surface area contributed by atoms with Crippen LogP contribution in [-0.2, 0) is 25.7 Å². The van der Waals surface area contributed by atoms with Crippen LogP contribution in [0, 0.1) is 0 Å². The molecule has 0 N–H and O–H groups in total. The first kappa shape index (κ1) is 18.2. The minimum absolute atomic E-state index is 0.981. The second-order valence-corrected chi connectivity index (χ2v) is 10.4. The maximum absolute atomic E-state index is 4.52. The van der Waals surface area contributed by atoms with Crippen LogP contribution in [0.5, 0.6) is 0 Å². The zero-order chi connectivity index (χ0) is 22.7. The Labute approximate surface area is 204 Å². The van der Waals surface area contributed by atoms with Crippen molar-refractivity contribution in [2.75, 3.05) is 4.90 Å². The molecule has 0 bridgehead atoms. The highest BCUT2D eigenvalue weighted by Gasteiger charge is 2.37. The average Bonchev–Trinajstić information content (AvgIpc) is 3.46. The van der Waals surface area contributed by atoms with Gasteiger partial charge in [-0.3, -0.25) is 4.98 Å². The van der Waals surface area contributed by atoms with E-state index in [-0.39, 0.29) is 0 Å². The molecule has 2 nitrogen and oxygen atoms in total. The number of fused-ring (bicyclic) bond motifs is 12. The summed E-state index contributed by atoms with van der Waals surface area (Å²) in [5, 5.41) is 0. The number of pyridine rings is 1. The molecule has 0 saturated heterocycles. The van der Waals surface area contributed by atoms with E-state index >= 15 is 0 Å². The van der Waals surface area contributed by atoms with Crippen molar-refractivity contribution < 1.29 is 0 Å². The lowest BCUT2D eigenvalue weighted by Crippen LogP contribution is -2.25. The van der Waals surface area contributed by atoms with Crippen molar-refractivity contribution in [2.45, 2.75) is 25.7 Å². The fourth-order valence-corrected chi connectivity index (χ4v) is 7.18. The van der Waals surface area contributed by atoms with Gasteiger partial charge in [-0.2, -0.15) is 0 Å². The van der Waals surface area contributed by atoms with Gasteiger partial charge in [-0.1, -0.05) is 54.6 Å². The van der Waals surface area contributed by atoms with E-state index < -0.39 is 0 Å². The Kier molecular flexibility index (Phi) is 3.27. The van der Waals surface area contributed by atoms with Gasteiger partial charge in [-0.05, 0) is 97.8 Å². The molecule has 4 aliphatic rings. The van der Waals surface area contributed by atoms with E-state index in [0.29, 0.717) is 0 Å². The maximum atomic E-state index is 4.52. The molecule has 0 unspecified atom stereocenters. The van der Waals surface area contributed by atoms with E-state index in [1.807, 2.05) is 6.20 Å². The lowest BCUT2D eigenvalue weighted by molar-refractivity contribution is 0.985. The smallest absolute Gasteiger partial charge is 0.0680 e. The van der Waals surface area contributed by atoms with Crippen LogP contribution in [-0.4, -0.2) is 4.98 Å². The van der Waals surface area contributed by atoms with Gasteiger partial charge in [0.15, 0.2) is 0 Å². The Morgan fingerprint density at radius 1 is 0.543 bits per heavy atom. The number of benzene rings is 4. The van der Waals surface area contributed by atoms with Crippen molar-refractivity contribution >= 4 is 17.1 Å². The van der Waals surface area contributed by atoms with E-state index in [1.165, 1.54) is 83.8 Å². The van der Waals surface area contributed by atoms with Crippen LogP contribution in [0.15, 0.2) is 85.2 Å². The van der Waals surface area contributed by atoms with Gasteiger partial charge in [-0.25, -0.2) is 0 Å². The van der Waals surface area contributed by atoms with Crippen LogP contribution in [0.25, 0.3) is 22.3 Å². The third-order valence-electron chi connectivity index (χ3n) is 8.61. The molecule has 4 aromatic carbocycles. The van der Waals surface area contributed by atoms with Crippen molar-refractivity contribution in [2.24, 2.45) is 0 Å². The van der Waals surface area contributed by atoms with Crippen LogP contribution >= 0.6 is 0 Å². The highest BCUT2D eigenvalue weighted by Crippen LogP contribution is 2.56. The molecule has 5 aromatic rings. The molecular formula is C33H22N2. The van der Waals surface area contributed by atoms with Crippen molar-refractivity contribution in [3.05, 3.63) is 130 Å². The second kappa shape index (κ2) is 6.28. The normalized spacial score (nSPS) is 14.9. The topological polar surface area (TPSA) is 16.1 Å². The monoisotopic (exact) mass is 446 g/mol. The largest absolute Gasteiger partial charge is 0.308 e. The SMILES string of the molecule is c1ccc2c(c1)Cc1ccc3c(c1-2)-c1cc2c4c(c1C3)Cc1ccncc1N4c1ccccc1C2. The van der Waals surface area contributed by atoms with Crippen molar-refractivity contribution in [3.8, 4) is 22.3 Å². The standard InChI is InChI=1S/C33H22N2/c1-3-7-25-19(5-1)13-22-9-10-23-16-26-27(32(23)31(22)25)17-24-14-20-6-2-4-8-29(20)35-30-18-34-12-11-21(30)15-28(26)33(24)35/h1-12,17-18H,13-16H2. The highest BCUT2D eigenvalue weighted by molar-refractivity contribution is 5.99. The Bertz CT molecular complexity index is 1750. The first-order valence-corrected chi connectivity index (χ1v) is 12.6. The van der Waals surface area contributed by atoms with Gasteiger partial charge >= 0.3 is 0 Å². The molecule has 2 aliphatic heterocycles. The van der Waals surface area contributed by atoms with E-state index in [4.69, 9.17) is 0 Å². The maximum Gasteiger partial charge on any atom is 0.0680 e.